The second-order valence-corrected chi connectivity index (χ2v) is 4.62. The predicted octanol–water partition coefficient (Wildman–Crippen LogP) is 0.141. The van der Waals surface area contributed by atoms with Crippen LogP contribution >= 0.6 is 0 Å². The van der Waals surface area contributed by atoms with Gasteiger partial charge in [-0.05, 0) is 24.3 Å². The quantitative estimate of drug-likeness (QED) is 0.530. The van der Waals surface area contributed by atoms with Crippen LogP contribution in [0.25, 0.3) is 0 Å². The minimum atomic E-state index is -0.674. The summed E-state index contributed by atoms with van der Waals surface area (Å²) in [5.41, 5.74) is 0.115. The third-order valence-corrected chi connectivity index (χ3v) is 2.64. The second kappa shape index (κ2) is 9.03. The summed E-state index contributed by atoms with van der Waals surface area (Å²) in [5, 5.41) is 9.28. The highest BCUT2D eigenvalue weighted by molar-refractivity contribution is 6.00. The number of carbonyl (C=O) groups is 4. The zero-order chi connectivity index (χ0) is 18.1. The molecule has 1 rings (SSSR count). The molecule has 4 amide bonds. The Kier molecular flexibility index (Phi) is 7.08. The van der Waals surface area contributed by atoms with Gasteiger partial charge in [0.15, 0.2) is 0 Å². The average Bonchev–Trinajstić information content (AvgIpc) is 2.53. The van der Waals surface area contributed by atoms with Crippen molar-refractivity contribution in [1.82, 2.24) is 10.6 Å². The van der Waals surface area contributed by atoms with Crippen LogP contribution in [-0.4, -0.2) is 36.7 Å². The van der Waals surface area contributed by atoms with Gasteiger partial charge in [0.25, 0.3) is 0 Å². The SMILES string of the molecule is C=CC(=O)Nc1cc(NC(=O)CNC(=O)CNC(C)=O)ccc1F. The van der Waals surface area contributed by atoms with Gasteiger partial charge in [0.05, 0.1) is 18.8 Å². The summed E-state index contributed by atoms with van der Waals surface area (Å²) in [5.74, 6) is -2.72. The molecule has 0 aromatic heterocycles. The van der Waals surface area contributed by atoms with Gasteiger partial charge in [-0.1, -0.05) is 6.58 Å². The molecule has 0 aliphatic carbocycles. The normalized spacial score (nSPS) is 9.58. The van der Waals surface area contributed by atoms with Crippen LogP contribution in [0.4, 0.5) is 15.8 Å². The molecule has 0 heterocycles. The van der Waals surface area contributed by atoms with Crippen molar-refractivity contribution in [3.8, 4) is 0 Å². The van der Waals surface area contributed by atoms with E-state index in [0.29, 0.717) is 0 Å². The van der Waals surface area contributed by atoms with Crippen LogP contribution in [0.1, 0.15) is 6.92 Å². The predicted molar refractivity (Wildman–Crippen MR) is 85.5 cm³/mol. The Hall–Kier alpha value is -3.23. The van der Waals surface area contributed by atoms with Gasteiger partial charge in [-0.25, -0.2) is 4.39 Å². The van der Waals surface area contributed by atoms with Crippen LogP contribution in [0.3, 0.4) is 0 Å². The Morgan fingerprint density at radius 3 is 2.38 bits per heavy atom. The minimum Gasteiger partial charge on any atom is -0.347 e. The summed E-state index contributed by atoms with van der Waals surface area (Å²) in [4.78, 5) is 44.9. The number of hydrogen-bond donors (Lipinski definition) is 4. The van der Waals surface area contributed by atoms with Crippen molar-refractivity contribution in [2.45, 2.75) is 6.92 Å². The minimum absolute atomic E-state index is 0.118. The number of hydrogen-bond acceptors (Lipinski definition) is 4. The first-order chi connectivity index (χ1) is 11.3. The molecule has 8 nitrogen and oxygen atoms in total. The Labute approximate surface area is 137 Å². The molecule has 24 heavy (non-hydrogen) atoms. The van der Waals surface area contributed by atoms with Crippen molar-refractivity contribution in [2.24, 2.45) is 0 Å². The monoisotopic (exact) mass is 336 g/mol. The molecule has 9 heteroatoms. The van der Waals surface area contributed by atoms with E-state index in [1.54, 1.807) is 0 Å². The summed E-state index contributed by atoms with van der Waals surface area (Å²) in [6.45, 7) is 3.95. The second-order valence-electron chi connectivity index (χ2n) is 4.62. The standard InChI is InChI=1S/C15H17FN4O4/c1-3-13(22)20-12-6-10(4-5-11(12)16)19-15(24)8-18-14(23)7-17-9(2)21/h3-6H,1,7-8H2,2H3,(H,17,21)(H,18,23)(H,19,24)(H,20,22). The van der Waals surface area contributed by atoms with E-state index in [2.05, 4.69) is 27.8 Å². The molecule has 0 saturated carbocycles. The molecule has 0 fully saturated rings. The molecule has 0 unspecified atom stereocenters. The largest absolute Gasteiger partial charge is 0.347 e. The average molecular weight is 336 g/mol. The Morgan fingerprint density at radius 2 is 1.75 bits per heavy atom. The Bertz CT molecular complexity index is 675. The van der Waals surface area contributed by atoms with E-state index in [-0.39, 0.29) is 30.4 Å². The zero-order valence-electron chi connectivity index (χ0n) is 12.9. The summed E-state index contributed by atoms with van der Waals surface area (Å²) in [7, 11) is 0. The summed E-state index contributed by atoms with van der Waals surface area (Å²) < 4.78 is 13.6. The molecule has 0 aliphatic heterocycles. The van der Waals surface area contributed by atoms with Crippen molar-refractivity contribution >= 4 is 35.0 Å². The number of rotatable bonds is 7. The third kappa shape index (κ3) is 6.69. The fraction of sp³-hybridized carbons (Fsp3) is 0.200. The number of anilines is 2. The third-order valence-electron chi connectivity index (χ3n) is 2.64. The lowest BCUT2D eigenvalue weighted by atomic mass is 10.2. The van der Waals surface area contributed by atoms with Crippen LogP contribution < -0.4 is 21.3 Å². The highest BCUT2D eigenvalue weighted by Crippen LogP contribution is 2.19. The molecule has 4 N–H and O–H groups in total. The maximum atomic E-state index is 13.6. The van der Waals surface area contributed by atoms with Crippen LogP contribution in [-0.2, 0) is 19.2 Å². The Balaban J connectivity index is 2.56. The molecule has 0 atom stereocenters. The summed E-state index contributed by atoms with van der Waals surface area (Å²) >= 11 is 0. The van der Waals surface area contributed by atoms with Crippen LogP contribution in [0.2, 0.25) is 0 Å². The van der Waals surface area contributed by atoms with Crippen LogP contribution in [0, 0.1) is 5.82 Å². The molecule has 1 aromatic rings. The highest BCUT2D eigenvalue weighted by Gasteiger charge is 2.09. The van der Waals surface area contributed by atoms with Crippen molar-refractivity contribution in [3.63, 3.8) is 0 Å². The fourth-order valence-electron chi connectivity index (χ4n) is 1.53. The first-order valence-corrected chi connectivity index (χ1v) is 6.85. The van der Waals surface area contributed by atoms with E-state index in [4.69, 9.17) is 0 Å². The van der Waals surface area contributed by atoms with Crippen LogP contribution in [0.15, 0.2) is 30.9 Å². The van der Waals surface area contributed by atoms with E-state index < -0.39 is 23.5 Å². The number of halogens is 1. The first kappa shape index (κ1) is 18.8. The molecule has 1 aromatic carbocycles. The van der Waals surface area contributed by atoms with Gasteiger partial charge in [-0.3, -0.25) is 19.2 Å². The molecule has 0 aliphatic rings. The van der Waals surface area contributed by atoms with Crippen molar-refractivity contribution < 1.29 is 23.6 Å². The molecular formula is C15H17FN4O4. The van der Waals surface area contributed by atoms with E-state index in [1.807, 2.05) is 0 Å². The van der Waals surface area contributed by atoms with Crippen LogP contribution in [0.5, 0.6) is 0 Å². The van der Waals surface area contributed by atoms with Gasteiger partial charge < -0.3 is 21.3 Å². The number of amides is 4. The van der Waals surface area contributed by atoms with Gasteiger partial charge in [-0.15, -0.1) is 0 Å². The number of carbonyl (C=O) groups excluding carboxylic acids is 4. The molecule has 128 valence electrons. The van der Waals surface area contributed by atoms with Gasteiger partial charge in [-0.2, -0.15) is 0 Å². The molecule has 0 radical (unpaired) electrons. The number of benzene rings is 1. The molecular weight excluding hydrogens is 319 g/mol. The van der Waals surface area contributed by atoms with Gasteiger partial charge in [0.1, 0.15) is 5.82 Å². The lowest BCUT2D eigenvalue weighted by Crippen LogP contribution is -2.39. The van der Waals surface area contributed by atoms with Gasteiger partial charge >= 0.3 is 0 Å². The van der Waals surface area contributed by atoms with E-state index in [1.165, 1.54) is 19.1 Å². The zero-order valence-corrected chi connectivity index (χ0v) is 12.9. The van der Waals surface area contributed by atoms with E-state index >= 15 is 0 Å². The van der Waals surface area contributed by atoms with E-state index in [9.17, 15) is 23.6 Å². The van der Waals surface area contributed by atoms with Crippen molar-refractivity contribution in [2.75, 3.05) is 23.7 Å². The molecule has 0 spiro atoms. The lowest BCUT2D eigenvalue weighted by Gasteiger charge is -2.10. The molecule has 0 saturated heterocycles. The van der Waals surface area contributed by atoms with Gasteiger partial charge in [0.2, 0.25) is 23.6 Å². The maximum Gasteiger partial charge on any atom is 0.247 e. The summed E-state index contributed by atoms with van der Waals surface area (Å²) in [6, 6.07) is 3.60. The highest BCUT2D eigenvalue weighted by atomic mass is 19.1. The Morgan fingerprint density at radius 1 is 1.08 bits per heavy atom. The smallest absolute Gasteiger partial charge is 0.247 e. The lowest BCUT2D eigenvalue weighted by molar-refractivity contribution is -0.126. The maximum absolute atomic E-state index is 13.6. The number of nitrogens with one attached hydrogen (secondary N) is 4. The van der Waals surface area contributed by atoms with Crippen molar-refractivity contribution in [1.29, 1.82) is 0 Å². The topological polar surface area (TPSA) is 116 Å². The van der Waals surface area contributed by atoms with Crippen molar-refractivity contribution in [3.05, 3.63) is 36.7 Å². The van der Waals surface area contributed by atoms with Gasteiger partial charge in [0, 0.05) is 12.6 Å². The summed E-state index contributed by atoms with van der Waals surface area (Å²) in [6.07, 6.45) is 0.981. The molecule has 0 bridgehead atoms. The first-order valence-electron chi connectivity index (χ1n) is 6.85. The fourth-order valence-corrected chi connectivity index (χ4v) is 1.53. The van der Waals surface area contributed by atoms with E-state index in [0.717, 1.165) is 12.1 Å².